The second kappa shape index (κ2) is 7.55. The molecule has 5 nitrogen and oxygen atoms in total. The van der Waals surface area contributed by atoms with Gasteiger partial charge in [-0.3, -0.25) is 9.69 Å². The number of likely N-dealkylation sites (tertiary alicyclic amines) is 1. The molecule has 0 atom stereocenters. The number of carbonyl (C=O) groups excluding carboxylic acids is 1. The summed E-state index contributed by atoms with van der Waals surface area (Å²) in [6.07, 6.45) is 1.95. The van der Waals surface area contributed by atoms with Gasteiger partial charge >= 0.3 is 0 Å². The second-order valence-corrected chi connectivity index (χ2v) is 7.51. The summed E-state index contributed by atoms with van der Waals surface area (Å²) in [5, 5.41) is 13.1. The van der Waals surface area contributed by atoms with Gasteiger partial charge in [0.2, 0.25) is 5.91 Å². The second-order valence-electron chi connectivity index (χ2n) is 5.89. The van der Waals surface area contributed by atoms with Gasteiger partial charge in [-0.1, -0.05) is 11.6 Å². The number of nitrogens with one attached hydrogen (secondary N) is 1. The van der Waals surface area contributed by atoms with Gasteiger partial charge in [0.05, 0.1) is 11.6 Å². The number of benzene rings is 1. The molecule has 1 aliphatic rings. The summed E-state index contributed by atoms with van der Waals surface area (Å²) in [6.45, 7) is 3.97. The van der Waals surface area contributed by atoms with Crippen LogP contribution in [0.15, 0.2) is 18.2 Å². The van der Waals surface area contributed by atoms with Crippen LogP contribution in [0.4, 0.5) is 10.1 Å². The van der Waals surface area contributed by atoms with Gasteiger partial charge in [0.25, 0.3) is 0 Å². The molecule has 0 unspecified atom stereocenters. The smallest absolute Gasteiger partial charge is 0.238 e. The Morgan fingerprint density at radius 1 is 1.42 bits per heavy atom. The fraction of sp³-hybridized carbons (Fsp3) is 0.438. The van der Waals surface area contributed by atoms with E-state index in [1.54, 1.807) is 11.3 Å². The predicted molar refractivity (Wildman–Crippen MR) is 93.1 cm³/mol. The van der Waals surface area contributed by atoms with Crippen LogP contribution in [-0.4, -0.2) is 40.6 Å². The first kappa shape index (κ1) is 17.3. The van der Waals surface area contributed by atoms with E-state index in [2.05, 4.69) is 20.4 Å². The molecule has 1 aromatic heterocycles. The Morgan fingerprint density at radius 3 is 2.79 bits per heavy atom. The molecule has 8 heteroatoms. The number of aryl methyl sites for hydroxylation is 1. The van der Waals surface area contributed by atoms with Crippen LogP contribution < -0.4 is 5.32 Å². The zero-order chi connectivity index (χ0) is 17.1. The third kappa shape index (κ3) is 4.28. The van der Waals surface area contributed by atoms with E-state index >= 15 is 0 Å². The third-order valence-electron chi connectivity index (χ3n) is 4.05. The van der Waals surface area contributed by atoms with E-state index in [0.717, 1.165) is 35.9 Å². The lowest BCUT2D eigenvalue weighted by molar-refractivity contribution is -0.117. The van der Waals surface area contributed by atoms with E-state index in [1.165, 1.54) is 18.2 Å². The zero-order valence-corrected chi connectivity index (χ0v) is 14.8. The van der Waals surface area contributed by atoms with Crippen LogP contribution in [0.25, 0.3) is 0 Å². The van der Waals surface area contributed by atoms with Gasteiger partial charge < -0.3 is 5.32 Å². The molecule has 0 saturated carbocycles. The van der Waals surface area contributed by atoms with Gasteiger partial charge in [-0.25, -0.2) is 4.39 Å². The maximum Gasteiger partial charge on any atom is 0.238 e. The SMILES string of the molecule is Cc1nnc(C2CCN(CC(=O)Nc3ccc(F)c(Cl)c3)CC2)s1. The average Bonchev–Trinajstić information content (AvgIpc) is 2.98. The molecule has 1 amide bonds. The minimum atomic E-state index is -0.497. The lowest BCUT2D eigenvalue weighted by Crippen LogP contribution is -2.38. The van der Waals surface area contributed by atoms with Crippen molar-refractivity contribution in [1.29, 1.82) is 0 Å². The monoisotopic (exact) mass is 368 g/mol. The molecule has 1 aromatic carbocycles. The maximum atomic E-state index is 13.1. The Kier molecular flexibility index (Phi) is 5.43. The van der Waals surface area contributed by atoms with Gasteiger partial charge in [0.1, 0.15) is 15.8 Å². The maximum absolute atomic E-state index is 13.1. The van der Waals surface area contributed by atoms with Crippen molar-refractivity contribution in [1.82, 2.24) is 15.1 Å². The normalized spacial score (nSPS) is 16.3. The molecule has 3 rings (SSSR count). The first-order valence-electron chi connectivity index (χ1n) is 7.78. The zero-order valence-electron chi connectivity index (χ0n) is 13.3. The number of halogens is 2. The van der Waals surface area contributed by atoms with Crippen molar-refractivity contribution in [2.45, 2.75) is 25.7 Å². The number of piperidine rings is 1. The Hall–Kier alpha value is -1.57. The quantitative estimate of drug-likeness (QED) is 0.897. The summed E-state index contributed by atoms with van der Waals surface area (Å²) in [5.41, 5.74) is 0.505. The van der Waals surface area contributed by atoms with E-state index in [0.29, 0.717) is 18.2 Å². The van der Waals surface area contributed by atoms with Crippen molar-refractivity contribution >= 4 is 34.5 Å². The summed E-state index contributed by atoms with van der Waals surface area (Å²) >= 11 is 7.37. The lowest BCUT2D eigenvalue weighted by atomic mass is 9.98. The van der Waals surface area contributed by atoms with Gasteiger partial charge in [0, 0.05) is 11.6 Å². The number of rotatable bonds is 4. The molecule has 1 N–H and O–H groups in total. The Morgan fingerprint density at radius 2 is 2.17 bits per heavy atom. The summed E-state index contributed by atoms with van der Waals surface area (Å²) in [4.78, 5) is 14.2. The molecule has 2 heterocycles. The van der Waals surface area contributed by atoms with Crippen molar-refractivity contribution in [2.75, 3.05) is 25.0 Å². The van der Waals surface area contributed by atoms with E-state index < -0.39 is 5.82 Å². The highest BCUT2D eigenvalue weighted by Crippen LogP contribution is 2.29. The molecule has 24 heavy (non-hydrogen) atoms. The van der Waals surface area contributed by atoms with Crippen molar-refractivity contribution in [3.63, 3.8) is 0 Å². The van der Waals surface area contributed by atoms with Crippen molar-refractivity contribution < 1.29 is 9.18 Å². The first-order valence-corrected chi connectivity index (χ1v) is 8.98. The van der Waals surface area contributed by atoms with Gasteiger partial charge in [0.15, 0.2) is 0 Å². The Balaban J connectivity index is 1.48. The first-order chi connectivity index (χ1) is 11.5. The molecule has 1 saturated heterocycles. The van der Waals surface area contributed by atoms with Gasteiger partial charge in [-0.15, -0.1) is 21.5 Å². The van der Waals surface area contributed by atoms with Crippen LogP contribution in [0.5, 0.6) is 0 Å². The molecule has 2 aromatic rings. The van der Waals surface area contributed by atoms with Crippen LogP contribution in [-0.2, 0) is 4.79 Å². The lowest BCUT2D eigenvalue weighted by Gasteiger charge is -2.30. The third-order valence-corrected chi connectivity index (χ3v) is 5.34. The number of hydrogen-bond acceptors (Lipinski definition) is 5. The van der Waals surface area contributed by atoms with Crippen LogP contribution in [0.3, 0.4) is 0 Å². The number of amides is 1. The molecule has 0 aliphatic carbocycles. The molecule has 0 radical (unpaired) electrons. The highest BCUT2D eigenvalue weighted by atomic mass is 35.5. The van der Waals surface area contributed by atoms with Crippen LogP contribution in [0, 0.1) is 12.7 Å². The summed E-state index contributed by atoms with van der Waals surface area (Å²) in [5.74, 6) is -0.182. The highest BCUT2D eigenvalue weighted by molar-refractivity contribution is 7.11. The topological polar surface area (TPSA) is 58.1 Å². The van der Waals surface area contributed by atoms with Crippen LogP contribution in [0.1, 0.15) is 28.8 Å². The van der Waals surface area contributed by atoms with Gasteiger partial charge in [-0.05, 0) is 51.1 Å². The molecule has 1 fully saturated rings. The van der Waals surface area contributed by atoms with E-state index in [-0.39, 0.29) is 10.9 Å². The van der Waals surface area contributed by atoms with E-state index in [9.17, 15) is 9.18 Å². The van der Waals surface area contributed by atoms with E-state index in [1.807, 2.05) is 6.92 Å². The highest BCUT2D eigenvalue weighted by Gasteiger charge is 2.24. The predicted octanol–water partition coefficient (Wildman–Crippen LogP) is 3.46. The Labute approximate surface area is 148 Å². The van der Waals surface area contributed by atoms with Crippen LogP contribution >= 0.6 is 22.9 Å². The number of anilines is 1. The molecule has 1 aliphatic heterocycles. The standard InChI is InChI=1S/C16H18ClFN4OS/c1-10-20-21-16(24-10)11-4-6-22(7-5-11)9-15(23)19-12-2-3-14(18)13(17)8-12/h2-3,8,11H,4-7,9H2,1H3,(H,19,23). The van der Waals surface area contributed by atoms with Crippen molar-refractivity contribution in [3.05, 3.63) is 39.1 Å². The van der Waals surface area contributed by atoms with Crippen molar-refractivity contribution in [3.8, 4) is 0 Å². The fourth-order valence-electron chi connectivity index (χ4n) is 2.79. The molecule has 0 spiro atoms. The Bertz CT molecular complexity index is 731. The number of carbonyl (C=O) groups is 1. The van der Waals surface area contributed by atoms with E-state index in [4.69, 9.17) is 11.6 Å². The minimum absolute atomic E-state index is 0.000894. The fourth-order valence-corrected chi connectivity index (χ4v) is 3.84. The average molecular weight is 369 g/mol. The van der Waals surface area contributed by atoms with Crippen LogP contribution in [0.2, 0.25) is 5.02 Å². The summed E-state index contributed by atoms with van der Waals surface area (Å²) in [7, 11) is 0. The number of nitrogens with zero attached hydrogens (tertiary/aromatic N) is 3. The van der Waals surface area contributed by atoms with Crippen molar-refractivity contribution in [2.24, 2.45) is 0 Å². The number of aromatic nitrogens is 2. The summed E-state index contributed by atoms with van der Waals surface area (Å²) < 4.78 is 13.1. The molecule has 0 bridgehead atoms. The minimum Gasteiger partial charge on any atom is -0.325 e. The largest absolute Gasteiger partial charge is 0.325 e. The van der Waals surface area contributed by atoms with Gasteiger partial charge in [-0.2, -0.15) is 0 Å². The molecule has 128 valence electrons. The number of hydrogen-bond donors (Lipinski definition) is 1. The molecular formula is C16H18ClFN4OS. The summed E-state index contributed by atoms with van der Waals surface area (Å²) in [6, 6.07) is 4.16. The molecular weight excluding hydrogens is 351 g/mol.